The lowest BCUT2D eigenvalue weighted by Gasteiger charge is -2.24. The molecule has 1 saturated carbocycles. The van der Waals surface area contributed by atoms with Crippen LogP contribution in [0.1, 0.15) is 30.9 Å². The maximum Gasteiger partial charge on any atom is 0.318 e. The summed E-state index contributed by atoms with van der Waals surface area (Å²) in [7, 11) is 1.90. The highest BCUT2D eigenvalue weighted by atomic mass is 32.1. The van der Waals surface area contributed by atoms with Crippen LogP contribution < -0.4 is 5.32 Å². The van der Waals surface area contributed by atoms with Gasteiger partial charge in [0.1, 0.15) is 0 Å². The second-order valence-electron chi connectivity index (χ2n) is 6.07. The van der Waals surface area contributed by atoms with Gasteiger partial charge in [-0.05, 0) is 48.6 Å². The summed E-state index contributed by atoms with van der Waals surface area (Å²) >= 11 is 1.69. The summed E-state index contributed by atoms with van der Waals surface area (Å²) in [5.41, 5.74) is 2.36. The third-order valence-electron chi connectivity index (χ3n) is 3.85. The minimum atomic E-state index is 0.0362. The molecular weight excluding hydrogens is 296 g/mol. The number of thiophene rings is 1. The quantitative estimate of drug-likeness (QED) is 0.890. The largest absolute Gasteiger partial charge is 0.335 e. The molecule has 1 aliphatic rings. The Bertz CT molecular complexity index is 618. The molecule has 1 aliphatic carbocycles. The molecule has 2 amide bonds. The monoisotopic (exact) mass is 318 g/mol. The van der Waals surface area contributed by atoms with E-state index in [1.165, 1.54) is 5.56 Å². The number of nitrogens with zero attached hydrogens (tertiary/aromatic N) is 3. The predicted octanol–water partition coefficient (Wildman–Crippen LogP) is 2.79. The zero-order chi connectivity index (χ0) is 15.5. The minimum Gasteiger partial charge on any atom is -0.335 e. The fourth-order valence-corrected chi connectivity index (χ4v) is 3.29. The average Bonchev–Trinajstić information content (AvgIpc) is 3.02. The van der Waals surface area contributed by atoms with Crippen LogP contribution in [0, 0.1) is 0 Å². The SMILES string of the molecule is C[C@@H](Cc1ccsc1)NC(=O)N(Cc1cnn(C)c1)C1CC1. The Morgan fingerprint density at radius 2 is 2.36 bits per heavy atom. The molecule has 0 bridgehead atoms. The molecule has 0 radical (unpaired) electrons. The van der Waals surface area contributed by atoms with Crippen molar-refractivity contribution in [1.29, 1.82) is 0 Å². The third-order valence-corrected chi connectivity index (χ3v) is 4.58. The molecular formula is C16H22N4OS. The number of carbonyl (C=O) groups is 1. The minimum absolute atomic E-state index is 0.0362. The molecule has 2 aromatic rings. The van der Waals surface area contributed by atoms with Crippen LogP contribution in [-0.4, -0.2) is 32.8 Å². The molecule has 2 aromatic heterocycles. The highest BCUT2D eigenvalue weighted by molar-refractivity contribution is 7.07. The van der Waals surface area contributed by atoms with Gasteiger partial charge >= 0.3 is 6.03 Å². The van der Waals surface area contributed by atoms with Crippen molar-refractivity contribution in [3.05, 3.63) is 40.3 Å². The number of rotatable bonds is 6. The molecule has 1 atom stereocenters. The smallest absolute Gasteiger partial charge is 0.318 e. The summed E-state index contributed by atoms with van der Waals surface area (Å²) in [5.74, 6) is 0. The number of urea groups is 1. The van der Waals surface area contributed by atoms with Gasteiger partial charge in [-0.15, -0.1) is 0 Å². The van der Waals surface area contributed by atoms with Crippen molar-refractivity contribution in [2.45, 2.75) is 44.8 Å². The number of aryl methyl sites for hydroxylation is 1. The normalized spacial score (nSPS) is 15.5. The first-order valence-electron chi connectivity index (χ1n) is 7.67. The van der Waals surface area contributed by atoms with Gasteiger partial charge < -0.3 is 10.2 Å². The van der Waals surface area contributed by atoms with Crippen LogP contribution in [0.15, 0.2) is 29.2 Å². The van der Waals surface area contributed by atoms with E-state index in [9.17, 15) is 4.79 Å². The summed E-state index contributed by atoms with van der Waals surface area (Å²) in [6, 6.07) is 2.67. The zero-order valence-electron chi connectivity index (χ0n) is 13.0. The molecule has 0 aliphatic heterocycles. The third kappa shape index (κ3) is 3.88. The van der Waals surface area contributed by atoms with Gasteiger partial charge in [-0.1, -0.05) is 0 Å². The van der Waals surface area contributed by atoms with Crippen LogP contribution in [0.5, 0.6) is 0 Å². The van der Waals surface area contributed by atoms with E-state index in [-0.39, 0.29) is 12.1 Å². The van der Waals surface area contributed by atoms with Gasteiger partial charge in [0.25, 0.3) is 0 Å². The molecule has 22 heavy (non-hydrogen) atoms. The Morgan fingerprint density at radius 1 is 1.55 bits per heavy atom. The number of hydrogen-bond donors (Lipinski definition) is 1. The van der Waals surface area contributed by atoms with Crippen molar-refractivity contribution in [2.75, 3.05) is 0 Å². The van der Waals surface area contributed by atoms with Gasteiger partial charge in [0, 0.05) is 30.9 Å². The van der Waals surface area contributed by atoms with Gasteiger partial charge in [-0.2, -0.15) is 16.4 Å². The Balaban J connectivity index is 1.57. The van der Waals surface area contributed by atoms with Gasteiger partial charge in [0.05, 0.1) is 12.7 Å². The molecule has 0 spiro atoms. The average molecular weight is 318 g/mol. The van der Waals surface area contributed by atoms with E-state index in [0.717, 1.165) is 24.8 Å². The highest BCUT2D eigenvalue weighted by Crippen LogP contribution is 2.28. The summed E-state index contributed by atoms with van der Waals surface area (Å²) < 4.78 is 1.78. The van der Waals surface area contributed by atoms with E-state index in [4.69, 9.17) is 0 Å². The second kappa shape index (κ2) is 6.52. The number of nitrogens with one attached hydrogen (secondary N) is 1. The maximum atomic E-state index is 12.6. The Hall–Kier alpha value is -1.82. The topological polar surface area (TPSA) is 50.2 Å². The molecule has 3 rings (SSSR count). The zero-order valence-corrected chi connectivity index (χ0v) is 13.8. The summed E-state index contributed by atoms with van der Waals surface area (Å²) in [5, 5.41) is 11.5. The maximum absolute atomic E-state index is 12.6. The standard InChI is InChI=1S/C16H22N4OS/c1-12(7-13-5-6-22-11-13)18-16(21)20(15-3-4-15)10-14-8-17-19(2)9-14/h5-6,8-9,11-12,15H,3-4,7,10H2,1-2H3,(H,18,21)/t12-/m0/s1. The first-order chi connectivity index (χ1) is 10.6. The van der Waals surface area contributed by atoms with Crippen LogP contribution in [0.3, 0.4) is 0 Å². The van der Waals surface area contributed by atoms with E-state index >= 15 is 0 Å². The van der Waals surface area contributed by atoms with Crippen molar-refractivity contribution in [2.24, 2.45) is 7.05 Å². The lowest BCUT2D eigenvalue weighted by Crippen LogP contribution is -2.45. The molecule has 2 heterocycles. The fourth-order valence-electron chi connectivity index (χ4n) is 2.61. The van der Waals surface area contributed by atoms with Gasteiger partial charge in [-0.25, -0.2) is 4.79 Å². The van der Waals surface area contributed by atoms with E-state index in [1.54, 1.807) is 16.0 Å². The number of aromatic nitrogens is 2. The van der Waals surface area contributed by atoms with Crippen molar-refractivity contribution in [3.63, 3.8) is 0 Å². The molecule has 1 N–H and O–H groups in total. The van der Waals surface area contributed by atoms with E-state index in [1.807, 2.05) is 24.3 Å². The number of amides is 2. The van der Waals surface area contributed by atoms with Crippen molar-refractivity contribution in [1.82, 2.24) is 20.0 Å². The van der Waals surface area contributed by atoms with Crippen LogP contribution in [-0.2, 0) is 20.0 Å². The van der Waals surface area contributed by atoms with Crippen molar-refractivity contribution in [3.8, 4) is 0 Å². The predicted molar refractivity (Wildman–Crippen MR) is 87.8 cm³/mol. The number of hydrogen-bond acceptors (Lipinski definition) is 3. The van der Waals surface area contributed by atoms with E-state index in [2.05, 4.69) is 34.2 Å². The highest BCUT2D eigenvalue weighted by Gasteiger charge is 2.33. The Kier molecular flexibility index (Phi) is 4.47. The first-order valence-corrected chi connectivity index (χ1v) is 8.62. The molecule has 0 unspecified atom stereocenters. The summed E-state index contributed by atoms with van der Waals surface area (Å²) in [6.07, 6.45) is 6.88. The lowest BCUT2D eigenvalue weighted by molar-refractivity contribution is 0.188. The Morgan fingerprint density at radius 3 is 2.95 bits per heavy atom. The fraction of sp³-hybridized carbons (Fsp3) is 0.500. The van der Waals surface area contributed by atoms with Crippen molar-refractivity contribution >= 4 is 17.4 Å². The molecule has 118 valence electrons. The van der Waals surface area contributed by atoms with E-state index in [0.29, 0.717) is 12.6 Å². The molecule has 0 saturated heterocycles. The summed E-state index contributed by atoms with van der Waals surface area (Å²) in [6.45, 7) is 2.69. The number of carbonyl (C=O) groups excluding carboxylic acids is 1. The van der Waals surface area contributed by atoms with Gasteiger partial charge in [-0.3, -0.25) is 4.68 Å². The first kappa shape index (κ1) is 15.1. The molecule has 6 heteroatoms. The second-order valence-corrected chi connectivity index (χ2v) is 6.85. The molecule has 0 aromatic carbocycles. The Labute approximate surface area is 134 Å². The lowest BCUT2D eigenvalue weighted by atomic mass is 10.1. The van der Waals surface area contributed by atoms with Gasteiger partial charge in [0.2, 0.25) is 0 Å². The van der Waals surface area contributed by atoms with Crippen LogP contribution in [0.25, 0.3) is 0 Å². The van der Waals surface area contributed by atoms with Crippen LogP contribution in [0.4, 0.5) is 4.79 Å². The van der Waals surface area contributed by atoms with Crippen LogP contribution in [0.2, 0.25) is 0 Å². The van der Waals surface area contributed by atoms with E-state index < -0.39 is 0 Å². The van der Waals surface area contributed by atoms with Gasteiger partial charge in [0.15, 0.2) is 0 Å². The van der Waals surface area contributed by atoms with Crippen molar-refractivity contribution < 1.29 is 4.79 Å². The molecule has 5 nitrogen and oxygen atoms in total. The van der Waals surface area contributed by atoms with Crippen LogP contribution >= 0.6 is 11.3 Å². The summed E-state index contributed by atoms with van der Waals surface area (Å²) in [4.78, 5) is 14.5. The molecule has 1 fully saturated rings.